The fourth-order valence-corrected chi connectivity index (χ4v) is 2.88. The van der Waals surface area contributed by atoms with Gasteiger partial charge in [-0.05, 0) is 26.3 Å². The molecule has 1 atom stereocenters. The monoisotopic (exact) mass is 414 g/mol. The molecule has 10 heteroatoms. The van der Waals surface area contributed by atoms with Gasteiger partial charge in [-0.1, -0.05) is 29.8 Å². The van der Waals surface area contributed by atoms with Crippen molar-refractivity contribution in [3.8, 4) is 0 Å². The maximum atomic E-state index is 12.5. The topological polar surface area (TPSA) is 127 Å². The second-order valence-electron chi connectivity index (χ2n) is 7.35. The molecule has 3 N–H and O–H groups in total. The maximum absolute atomic E-state index is 12.5. The molecule has 0 aliphatic heterocycles. The average Bonchev–Trinajstić information content (AvgIpc) is 3.05. The number of aromatic amines is 1. The summed E-state index contributed by atoms with van der Waals surface area (Å²) in [5.74, 6) is 0.226. The van der Waals surface area contributed by atoms with Crippen molar-refractivity contribution >= 4 is 23.3 Å². The number of imidazole rings is 1. The number of hydrazone groups is 1. The van der Waals surface area contributed by atoms with E-state index in [2.05, 4.69) is 20.5 Å². The number of aromatic nitrogens is 4. The van der Waals surface area contributed by atoms with Crippen LogP contribution < -0.4 is 16.7 Å². The molecule has 160 valence electrons. The first-order valence-electron chi connectivity index (χ1n) is 9.61. The summed E-state index contributed by atoms with van der Waals surface area (Å²) in [4.78, 5) is 31.0. The molecule has 0 saturated heterocycles. The normalized spacial score (nSPS) is 12.9. The second kappa shape index (κ2) is 9.06. The molecule has 3 rings (SSSR count). The summed E-state index contributed by atoms with van der Waals surface area (Å²) in [5.41, 5.74) is 4.02. The number of ether oxygens (including phenoxy) is 1. The van der Waals surface area contributed by atoms with Gasteiger partial charge in [-0.2, -0.15) is 10.1 Å². The van der Waals surface area contributed by atoms with Crippen LogP contribution >= 0.6 is 0 Å². The molecule has 0 radical (unpaired) electrons. The van der Waals surface area contributed by atoms with E-state index in [9.17, 15) is 14.7 Å². The Balaban J connectivity index is 1.96. The minimum absolute atomic E-state index is 0.0346. The molecule has 2 heterocycles. The first-order chi connectivity index (χ1) is 14.3. The fourth-order valence-electron chi connectivity index (χ4n) is 2.88. The maximum Gasteiger partial charge on any atom is 0.329 e. The van der Waals surface area contributed by atoms with Crippen LogP contribution in [0.1, 0.15) is 25.0 Å². The minimum atomic E-state index is -0.886. The van der Waals surface area contributed by atoms with Crippen LogP contribution in [0.3, 0.4) is 0 Å². The molecular formula is C20H26N6O4. The number of aryl methyl sites for hydroxylation is 2. The van der Waals surface area contributed by atoms with Crippen LogP contribution in [-0.2, 0) is 18.3 Å². The highest BCUT2D eigenvalue weighted by atomic mass is 16.5. The van der Waals surface area contributed by atoms with E-state index in [1.807, 2.05) is 45.0 Å². The number of H-pyrrole nitrogens is 1. The molecule has 0 unspecified atom stereocenters. The fraction of sp³-hybridized carbons (Fsp3) is 0.400. The van der Waals surface area contributed by atoms with E-state index in [0.717, 1.165) is 11.1 Å². The lowest BCUT2D eigenvalue weighted by atomic mass is 10.2. The highest BCUT2D eigenvalue weighted by Gasteiger charge is 2.19. The van der Waals surface area contributed by atoms with Gasteiger partial charge in [0.05, 0.1) is 31.6 Å². The summed E-state index contributed by atoms with van der Waals surface area (Å²) in [6.07, 6.45) is 0.688. The van der Waals surface area contributed by atoms with Crippen LogP contribution in [0.25, 0.3) is 11.2 Å². The third-order valence-electron chi connectivity index (χ3n) is 4.48. The molecule has 0 aliphatic rings. The minimum Gasteiger partial charge on any atom is -0.389 e. The van der Waals surface area contributed by atoms with E-state index >= 15 is 0 Å². The Labute approximate surface area is 172 Å². The van der Waals surface area contributed by atoms with E-state index in [-0.39, 0.29) is 36.4 Å². The first kappa shape index (κ1) is 21.5. The Morgan fingerprint density at radius 3 is 2.67 bits per heavy atom. The van der Waals surface area contributed by atoms with Crippen LogP contribution in [-0.4, -0.2) is 49.2 Å². The number of benzene rings is 1. The van der Waals surface area contributed by atoms with Crippen molar-refractivity contribution < 1.29 is 9.84 Å². The lowest BCUT2D eigenvalue weighted by molar-refractivity contribution is -0.000105. The third-order valence-corrected chi connectivity index (χ3v) is 4.48. The summed E-state index contributed by atoms with van der Waals surface area (Å²) in [7, 11) is 1.51. The molecule has 3 aromatic rings. The van der Waals surface area contributed by atoms with Crippen molar-refractivity contribution in [3.63, 3.8) is 0 Å². The van der Waals surface area contributed by atoms with Crippen molar-refractivity contribution in [3.05, 3.63) is 56.2 Å². The number of hydrogen-bond donors (Lipinski definition) is 3. The molecule has 0 aliphatic carbocycles. The van der Waals surface area contributed by atoms with Gasteiger partial charge in [0, 0.05) is 7.05 Å². The standard InChI is InChI=1S/C20H26N6O4/c1-12(2)30-11-15(27)10-26-16-17(25(4)20(29)23-18(16)28)22-19(26)24-21-9-14-7-5-13(3)6-8-14/h5-9,12,15,27H,10-11H2,1-4H3,(H,22,24)(H,23,28,29)/b21-9-/t15-/m1/s1. The number of rotatable bonds is 8. The van der Waals surface area contributed by atoms with Gasteiger partial charge in [0.1, 0.15) is 0 Å². The van der Waals surface area contributed by atoms with Gasteiger partial charge in [-0.3, -0.25) is 14.3 Å². The Hall–Kier alpha value is -3.24. The molecule has 0 saturated carbocycles. The lowest BCUT2D eigenvalue weighted by Gasteiger charge is -2.15. The zero-order valence-corrected chi connectivity index (χ0v) is 17.4. The highest BCUT2D eigenvalue weighted by molar-refractivity contribution is 5.80. The van der Waals surface area contributed by atoms with E-state index in [0.29, 0.717) is 0 Å². The van der Waals surface area contributed by atoms with Crippen LogP contribution in [0, 0.1) is 6.92 Å². The molecule has 1 aromatic carbocycles. The van der Waals surface area contributed by atoms with E-state index in [1.54, 1.807) is 6.21 Å². The van der Waals surface area contributed by atoms with Gasteiger partial charge in [-0.25, -0.2) is 10.2 Å². The van der Waals surface area contributed by atoms with Crippen molar-refractivity contribution in [2.24, 2.45) is 12.1 Å². The van der Waals surface area contributed by atoms with Gasteiger partial charge in [-0.15, -0.1) is 0 Å². The number of aliphatic hydroxyl groups is 1. The Kier molecular flexibility index (Phi) is 6.48. The van der Waals surface area contributed by atoms with Gasteiger partial charge < -0.3 is 14.4 Å². The molecule has 10 nitrogen and oxygen atoms in total. The Morgan fingerprint density at radius 1 is 1.30 bits per heavy atom. The number of nitrogens with zero attached hydrogens (tertiary/aromatic N) is 4. The molecule has 0 amide bonds. The second-order valence-corrected chi connectivity index (χ2v) is 7.35. The number of hydrogen-bond acceptors (Lipinski definition) is 7. The molecule has 2 aromatic heterocycles. The zero-order chi connectivity index (χ0) is 21.8. The molecule has 0 fully saturated rings. The molecule has 0 spiro atoms. The van der Waals surface area contributed by atoms with E-state index in [1.165, 1.54) is 16.2 Å². The Bertz CT molecular complexity index is 1160. The predicted molar refractivity (Wildman–Crippen MR) is 115 cm³/mol. The van der Waals surface area contributed by atoms with Crippen molar-refractivity contribution in [1.29, 1.82) is 0 Å². The summed E-state index contributed by atoms with van der Waals surface area (Å²) >= 11 is 0. The van der Waals surface area contributed by atoms with Crippen LogP contribution in [0.15, 0.2) is 39.0 Å². The van der Waals surface area contributed by atoms with Crippen molar-refractivity contribution in [2.75, 3.05) is 12.0 Å². The number of nitrogens with one attached hydrogen (secondary N) is 2. The van der Waals surface area contributed by atoms with Crippen molar-refractivity contribution in [1.82, 2.24) is 19.1 Å². The van der Waals surface area contributed by atoms with E-state index in [4.69, 9.17) is 4.74 Å². The van der Waals surface area contributed by atoms with Crippen molar-refractivity contribution in [2.45, 2.75) is 39.5 Å². The van der Waals surface area contributed by atoms with Crippen LogP contribution in [0.2, 0.25) is 0 Å². The zero-order valence-electron chi connectivity index (χ0n) is 17.4. The van der Waals surface area contributed by atoms with Crippen LogP contribution in [0.4, 0.5) is 5.95 Å². The largest absolute Gasteiger partial charge is 0.389 e. The Morgan fingerprint density at radius 2 is 2.00 bits per heavy atom. The summed E-state index contributed by atoms with van der Waals surface area (Å²) in [6, 6.07) is 7.78. The molecule has 0 bridgehead atoms. The molecule has 30 heavy (non-hydrogen) atoms. The number of aliphatic hydroxyl groups excluding tert-OH is 1. The highest BCUT2D eigenvalue weighted by Crippen LogP contribution is 2.16. The summed E-state index contributed by atoms with van der Waals surface area (Å²) in [5, 5.41) is 14.6. The average molecular weight is 414 g/mol. The third kappa shape index (κ3) is 4.84. The van der Waals surface area contributed by atoms with Gasteiger partial charge in [0.15, 0.2) is 11.2 Å². The smallest absolute Gasteiger partial charge is 0.329 e. The van der Waals surface area contributed by atoms with Gasteiger partial charge >= 0.3 is 5.69 Å². The number of anilines is 1. The van der Waals surface area contributed by atoms with Gasteiger partial charge in [0.2, 0.25) is 5.95 Å². The summed E-state index contributed by atoms with van der Waals surface area (Å²) < 4.78 is 8.18. The van der Waals surface area contributed by atoms with Gasteiger partial charge in [0.25, 0.3) is 5.56 Å². The quantitative estimate of drug-likeness (QED) is 0.372. The number of fused-ring (bicyclic) bond motifs is 1. The SMILES string of the molecule is Cc1ccc(/C=N\Nc2nc3c(c(=O)[nH]c(=O)n3C)n2C[C@@H](O)COC(C)C)cc1. The lowest BCUT2D eigenvalue weighted by Crippen LogP contribution is -2.30. The summed E-state index contributed by atoms with van der Waals surface area (Å²) in [6.45, 7) is 5.86. The molecular weight excluding hydrogens is 388 g/mol. The predicted octanol–water partition coefficient (Wildman–Crippen LogP) is 0.964. The van der Waals surface area contributed by atoms with Crippen LogP contribution in [0.5, 0.6) is 0 Å². The van der Waals surface area contributed by atoms with E-state index < -0.39 is 17.4 Å². The first-order valence-corrected chi connectivity index (χ1v) is 9.61.